The SMILES string of the molecule is COc1ccc(Cl)cc1NC(=O)CSc1nnc(-c2csc(C(C)C)c2)n1C. The molecular weight excluding hydrogens is 416 g/mol. The van der Waals surface area contributed by atoms with Crippen LogP contribution in [0.2, 0.25) is 5.02 Å². The molecule has 2 aromatic heterocycles. The van der Waals surface area contributed by atoms with Crippen LogP contribution in [0.5, 0.6) is 5.75 Å². The van der Waals surface area contributed by atoms with E-state index in [9.17, 15) is 4.79 Å². The van der Waals surface area contributed by atoms with Crippen LogP contribution in [-0.4, -0.2) is 33.5 Å². The first-order valence-electron chi connectivity index (χ1n) is 8.63. The molecule has 1 aromatic carbocycles. The number of methoxy groups -OCH3 is 1. The summed E-state index contributed by atoms with van der Waals surface area (Å²) in [4.78, 5) is 13.7. The number of carbonyl (C=O) groups is 1. The molecular formula is C19H21ClN4O2S2. The van der Waals surface area contributed by atoms with E-state index in [1.807, 2.05) is 11.6 Å². The average Bonchev–Trinajstić information content (AvgIpc) is 3.27. The summed E-state index contributed by atoms with van der Waals surface area (Å²) in [6.07, 6.45) is 0. The van der Waals surface area contributed by atoms with E-state index in [-0.39, 0.29) is 11.7 Å². The van der Waals surface area contributed by atoms with Crippen LogP contribution in [-0.2, 0) is 11.8 Å². The smallest absolute Gasteiger partial charge is 0.234 e. The van der Waals surface area contributed by atoms with Gasteiger partial charge in [-0.2, -0.15) is 0 Å². The van der Waals surface area contributed by atoms with Crippen LogP contribution in [0.4, 0.5) is 5.69 Å². The second kappa shape index (κ2) is 8.98. The zero-order valence-electron chi connectivity index (χ0n) is 16.0. The van der Waals surface area contributed by atoms with Crippen LogP contribution in [0.1, 0.15) is 24.6 Å². The fraction of sp³-hybridized carbons (Fsp3) is 0.316. The van der Waals surface area contributed by atoms with Crippen molar-refractivity contribution in [1.29, 1.82) is 0 Å². The van der Waals surface area contributed by atoms with Crippen molar-refractivity contribution in [2.24, 2.45) is 7.05 Å². The van der Waals surface area contributed by atoms with Crippen LogP contribution in [0.15, 0.2) is 34.8 Å². The lowest BCUT2D eigenvalue weighted by Gasteiger charge is -2.10. The predicted molar refractivity (Wildman–Crippen MR) is 116 cm³/mol. The Bertz CT molecular complexity index is 984. The number of halogens is 1. The van der Waals surface area contributed by atoms with Crippen molar-refractivity contribution in [3.05, 3.63) is 39.5 Å². The Morgan fingerprint density at radius 3 is 2.82 bits per heavy atom. The molecule has 9 heteroatoms. The summed E-state index contributed by atoms with van der Waals surface area (Å²) >= 11 is 9.05. The fourth-order valence-corrected chi connectivity index (χ4v) is 4.35. The number of aromatic nitrogens is 3. The van der Waals surface area contributed by atoms with Crippen LogP contribution in [0.25, 0.3) is 11.4 Å². The molecule has 0 aliphatic carbocycles. The lowest BCUT2D eigenvalue weighted by molar-refractivity contribution is -0.113. The fourth-order valence-electron chi connectivity index (χ4n) is 2.56. The summed E-state index contributed by atoms with van der Waals surface area (Å²) in [7, 11) is 3.45. The Morgan fingerprint density at radius 2 is 2.14 bits per heavy atom. The zero-order valence-corrected chi connectivity index (χ0v) is 18.4. The Balaban J connectivity index is 1.66. The van der Waals surface area contributed by atoms with Crippen LogP contribution >= 0.6 is 34.7 Å². The first-order chi connectivity index (χ1) is 13.4. The van der Waals surface area contributed by atoms with Gasteiger partial charge in [0.25, 0.3) is 0 Å². The number of amides is 1. The van der Waals surface area contributed by atoms with Gasteiger partial charge in [0, 0.05) is 27.9 Å². The number of nitrogens with one attached hydrogen (secondary N) is 1. The minimum atomic E-state index is -0.173. The standard InChI is InChI=1S/C19H21ClN4O2S2/c1-11(2)16-7-12(9-27-16)18-22-23-19(24(18)3)28-10-17(25)21-14-8-13(20)5-6-15(14)26-4/h5-9,11H,10H2,1-4H3,(H,21,25). The highest BCUT2D eigenvalue weighted by Crippen LogP contribution is 2.31. The number of nitrogens with zero attached hydrogens (tertiary/aromatic N) is 3. The number of ether oxygens (including phenoxy) is 1. The molecule has 0 unspecified atom stereocenters. The average molecular weight is 437 g/mol. The third-order valence-electron chi connectivity index (χ3n) is 4.05. The largest absolute Gasteiger partial charge is 0.495 e. The molecule has 0 aliphatic rings. The monoisotopic (exact) mass is 436 g/mol. The maximum Gasteiger partial charge on any atom is 0.234 e. The van der Waals surface area contributed by atoms with Crippen LogP contribution in [0, 0.1) is 0 Å². The van der Waals surface area contributed by atoms with E-state index in [1.165, 1.54) is 16.6 Å². The van der Waals surface area contributed by atoms with Crippen molar-refractivity contribution in [1.82, 2.24) is 14.8 Å². The number of thiophene rings is 1. The third kappa shape index (κ3) is 4.68. The molecule has 0 spiro atoms. The maximum atomic E-state index is 12.3. The van der Waals surface area contributed by atoms with E-state index in [0.29, 0.717) is 27.5 Å². The first kappa shape index (κ1) is 20.7. The zero-order chi connectivity index (χ0) is 20.3. The minimum absolute atomic E-state index is 0.173. The highest BCUT2D eigenvalue weighted by Gasteiger charge is 2.16. The molecule has 0 bridgehead atoms. The number of benzene rings is 1. The molecule has 148 valence electrons. The van der Waals surface area contributed by atoms with E-state index >= 15 is 0 Å². The summed E-state index contributed by atoms with van der Waals surface area (Å²) in [5, 5.41) is 14.6. The van der Waals surface area contributed by atoms with Gasteiger partial charge in [-0.25, -0.2) is 0 Å². The molecule has 0 fully saturated rings. The molecule has 3 aromatic rings. The van der Waals surface area contributed by atoms with Crippen molar-refractivity contribution in [2.75, 3.05) is 18.2 Å². The van der Waals surface area contributed by atoms with E-state index < -0.39 is 0 Å². The van der Waals surface area contributed by atoms with Gasteiger partial charge in [-0.15, -0.1) is 21.5 Å². The normalized spacial score (nSPS) is 11.1. The van der Waals surface area contributed by atoms with Gasteiger partial charge in [-0.05, 0) is 30.2 Å². The van der Waals surface area contributed by atoms with Crippen molar-refractivity contribution in [3.8, 4) is 17.1 Å². The van der Waals surface area contributed by atoms with Crippen molar-refractivity contribution in [2.45, 2.75) is 24.9 Å². The van der Waals surface area contributed by atoms with E-state index in [1.54, 1.807) is 36.6 Å². The number of rotatable bonds is 7. The number of carbonyl (C=O) groups excluding carboxylic acids is 1. The van der Waals surface area contributed by atoms with Crippen LogP contribution < -0.4 is 10.1 Å². The summed E-state index contributed by atoms with van der Waals surface area (Å²) < 4.78 is 7.16. The van der Waals surface area contributed by atoms with E-state index in [2.05, 4.69) is 40.8 Å². The number of thioether (sulfide) groups is 1. The summed E-state index contributed by atoms with van der Waals surface area (Å²) in [6, 6.07) is 7.23. The van der Waals surface area contributed by atoms with E-state index in [4.69, 9.17) is 16.3 Å². The molecule has 0 radical (unpaired) electrons. The quantitative estimate of drug-likeness (QED) is 0.524. The Morgan fingerprint density at radius 1 is 1.36 bits per heavy atom. The molecule has 0 atom stereocenters. The molecule has 0 aliphatic heterocycles. The van der Waals surface area contributed by atoms with Gasteiger partial charge < -0.3 is 14.6 Å². The molecule has 0 saturated carbocycles. The third-order valence-corrected chi connectivity index (χ3v) is 6.54. The predicted octanol–water partition coefficient (Wildman–Crippen LogP) is 5.06. The highest BCUT2D eigenvalue weighted by atomic mass is 35.5. The molecule has 1 N–H and O–H groups in total. The molecule has 6 nitrogen and oxygen atoms in total. The lowest BCUT2D eigenvalue weighted by Crippen LogP contribution is -2.15. The molecule has 3 rings (SSSR count). The summed E-state index contributed by atoms with van der Waals surface area (Å²) in [5.74, 6) is 1.85. The van der Waals surface area contributed by atoms with Crippen molar-refractivity contribution in [3.63, 3.8) is 0 Å². The summed E-state index contributed by atoms with van der Waals surface area (Å²) in [5.41, 5.74) is 1.59. The Hall–Kier alpha value is -2.03. The van der Waals surface area contributed by atoms with Gasteiger partial charge in [-0.3, -0.25) is 4.79 Å². The van der Waals surface area contributed by atoms with E-state index in [0.717, 1.165) is 11.4 Å². The molecule has 0 saturated heterocycles. The van der Waals surface area contributed by atoms with Gasteiger partial charge in [0.15, 0.2) is 11.0 Å². The Kier molecular flexibility index (Phi) is 6.64. The van der Waals surface area contributed by atoms with Gasteiger partial charge in [0.2, 0.25) is 5.91 Å². The van der Waals surface area contributed by atoms with Gasteiger partial charge in [-0.1, -0.05) is 37.2 Å². The minimum Gasteiger partial charge on any atom is -0.495 e. The number of anilines is 1. The molecule has 2 heterocycles. The summed E-state index contributed by atoms with van der Waals surface area (Å²) in [6.45, 7) is 4.34. The Labute approximate surface area is 177 Å². The van der Waals surface area contributed by atoms with Crippen LogP contribution in [0.3, 0.4) is 0 Å². The van der Waals surface area contributed by atoms with Gasteiger partial charge in [0.05, 0.1) is 18.6 Å². The van der Waals surface area contributed by atoms with Gasteiger partial charge in [0.1, 0.15) is 5.75 Å². The topological polar surface area (TPSA) is 69.0 Å². The van der Waals surface area contributed by atoms with Crippen molar-refractivity contribution >= 4 is 46.3 Å². The van der Waals surface area contributed by atoms with Gasteiger partial charge >= 0.3 is 0 Å². The van der Waals surface area contributed by atoms with Crippen molar-refractivity contribution < 1.29 is 9.53 Å². The maximum absolute atomic E-state index is 12.3. The highest BCUT2D eigenvalue weighted by molar-refractivity contribution is 7.99. The molecule has 1 amide bonds. The first-order valence-corrected chi connectivity index (χ1v) is 10.9. The second-order valence-electron chi connectivity index (χ2n) is 6.44. The second-order valence-corrected chi connectivity index (χ2v) is 8.76. The lowest BCUT2D eigenvalue weighted by atomic mass is 10.1. The number of hydrogen-bond acceptors (Lipinski definition) is 6. The molecule has 28 heavy (non-hydrogen) atoms. The number of hydrogen-bond donors (Lipinski definition) is 1.